The third-order valence-electron chi connectivity index (χ3n) is 2.22. The van der Waals surface area contributed by atoms with E-state index in [0.717, 1.165) is 6.54 Å². The standard InChI is InChI=1S/C11H24N2O/c1-8(2)10(7-13(5)6)12-11(14)9(3)4/h8-10H,7H2,1-6H3,(H,12,14)/t10-/m1/s1. The van der Waals surface area contributed by atoms with Gasteiger partial charge in [-0.15, -0.1) is 0 Å². The van der Waals surface area contributed by atoms with Gasteiger partial charge in [-0.05, 0) is 20.0 Å². The van der Waals surface area contributed by atoms with Gasteiger partial charge in [0.2, 0.25) is 5.91 Å². The minimum Gasteiger partial charge on any atom is -0.352 e. The fraction of sp³-hybridized carbons (Fsp3) is 0.909. The summed E-state index contributed by atoms with van der Waals surface area (Å²) in [4.78, 5) is 13.6. The Morgan fingerprint density at radius 1 is 1.21 bits per heavy atom. The van der Waals surface area contributed by atoms with Crippen molar-refractivity contribution < 1.29 is 4.79 Å². The van der Waals surface area contributed by atoms with Crippen molar-refractivity contribution in [2.45, 2.75) is 33.7 Å². The molecule has 0 aliphatic heterocycles. The highest BCUT2D eigenvalue weighted by Gasteiger charge is 2.18. The Kier molecular flexibility index (Phi) is 5.77. The molecule has 0 spiro atoms. The van der Waals surface area contributed by atoms with Crippen molar-refractivity contribution in [3.05, 3.63) is 0 Å². The topological polar surface area (TPSA) is 32.3 Å². The van der Waals surface area contributed by atoms with Gasteiger partial charge in [0.25, 0.3) is 0 Å². The maximum absolute atomic E-state index is 11.5. The van der Waals surface area contributed by atoms with Gasteiger partial charge >= 0.3 is 0 Å². The predicted molar refractivity (Wildman–Crippen MR) is 60.2 cm³/mol. The molecule has 0 saturated heterocycles. The first-order valence-corrected chi connectivity index (χ1v) is 5.29. The highest BCUT2D eigenvalue weighted by molar-refractivity contribution is 5.78. The maximum atomic E-state index is 11.5. The molecule has 3 heteroatoms. The minimum atomic E-state index is 0.0680. The van der Waals surface area contributed by atoms with E-state index in [1.54, 1.807) is 0 Å². The van der Waals surface area contributed by atoms with Crippen LogP contribution in [0.2, 0.25) is 0 Å². The Hall–Kier alpha value is -0.570. The summed E-state index contributed by atoms with van der Waals surface area (Å²) >= 11 is 0. The Morgan fingerprint density at radius 3 is 2.00 bits per heavy atom. The molecule has 0 saturated carbocycles. The first kappa shape index (κ1) is 13.4. The fourth-order valence-corrected chi connectivity index (χ4v) is 1.17. The summed E-state index contributed by atoms with van der Waals surface area (Å²) in [6.45, 7) is 9.00. The summed E-state index contributed by atoms with van der Waals surface area (Å²) < 4.78 is 0. The Bertz CT molecular complexity index is 176. The smallest absolute Gasteiger partial charge is 0.222 e. The van der Waals surface area contributed by atoms with Gasteiger partial charge in [-0.25, -0.2) is 0 Å². The minimum absolute atomic E-state index is 0.0680. The number of nitrogens with zero attached hydrogens (tertiary/aromatic N) is 1. The van der Waals surface area contributed by atoms with E-state index in [-0.39, 0.29) is 17.9 Å². The summed E-state index contributed by atoms with van der Waals surface area (Å²) in [7, 11) is 4.05. The van der Waals surface area contributed by atoms with Crippen molar-refractivity contribution in [1.82, 2.24) is 10.2 Å². The number of carbonyl (C=O) groups excluding carboxylic acids is 1. The quantitative estimate of drug-likeness (QED) is 0.726. The van der Waals surface area contributed by atoms with Gasteiger partial charge in [0.1, 0.15) is 0 Å². The lowest BCUT2D eigenvalue weighted by Crippen LogP contribution is -2.46. The van der Waals surface area contributed by atoms with E-state index in [1.165, 1.54) is 0 Å². The molecule has 0 bridgehead atoms. The van der Waals surface area contributed by atoms with Gasteiger partial charge in [-0.1, -0.05) is 27.7 Å². The third kappa shape index (κ3) is 5.22. The van der Waals surface area contributed by atoms with Gasteiger partial charge in [0, 0.05) is 18.5 Å². The summed E-state index contributed by atoms with van der Waals surface area (Å²) in [5, 5.41) is 3.07. The van der Waals surface area contributed by atoms with E-state index < -0.39 is 0 Å². The van der Waals surface area contributed by atoms with Gasteiger partial charge < -0.3 is 10.2 Å². The summed E-state index contributed by atoms with van der Waals surface area (Å²) in [5.41, 5.74) is 0. The zero-order valence-electron chi connectivity index (χ0n) is 10.3. The van der Waals surface area contributed by atoms with Gasteiger partial charge in [0.15, 0.2) is 0 Å². The van der Waals surface area contributed by atoms with Crippen LogP contribution in [0, 0.1) is 11.8 Å². The largest absolute Gasteiger partial charge is 0.352 e. The lowest BCUT2D eigenvalue weighted by atomic mass is 10.0. The molecule has 0 rings (SSSR count). The average molecular weight is 200 g/mol. The van der Waals surface area contributed by atoms with Crippen molar-refractivity contribution in [2.24, 2.45) is 11.8 Å². The van der Waals surface area contributed by atoms with Crippen LogP contribution < -0.4 is 5.32 Å². The number of likely N-dealkylation sites (N-methyl/N-ethyl adjacent to an activating group) is 1. The van der Waals surface area contributed by atoms with E-state index in [9.17, 15) is 4.79 Å². The Morgan fingerprint density at radius 2 is 1.71 bits per heavy atom. The Balaban J connectivity index is 4.16. The molecule has 0 radical (unpaired) electrons. The SMILES string of the molecule is CC(C)C(=O)N[C@H](CN(C)C)C(C)C. The van der Waals surface area contributed by atoms with Crippen LogP contribution in [0.1, 0.15) is 27.7 Å². The Labute approximate surface area is 87.9 Å². The molecule has 0 aromatic carbocycles. The first-order valence-electron chi connectivity index (χ1n) is 5.29. The number of rotatable bonds is 5. The molecule has 0 unspecified atom stereocenters. The predicted octanol–water partition coefficient (Wildman–Crippen LogP) is 1.34. The van der Waals surface area contributed by atoms with Crippen LogP contribution in [-0.4, -0.2) is 37.5 Å². The van der Waals surface area contributed by atoms with Crippen LogP contribution in [0.25, 0.3) is 0 Å². The number of carbonyl (C=O) groups is 1. The lowest BCUT2D eigenvalue weighted by molar-refractivity contribution is -0.125. The molecule has 1 amide bonds. The molecular formula is C11H24N2O. The molecule has 84 valence electrons. The summed E-state index contributed by atoms with van der Waals surface area (Å²) in [5.74, 6) is 0.684. The van der Waals surface area contributed by atoms with E-state index in [2.05, 4.69) is 24.1 Å². The molecule has 14 heavy (non-hydrogen) atoms. The van der Waals surface area contributed by atoms with Crippen LogP contribution in [-0.2, 0) is 4.79 Å². The highest BCUT2D eigenvalue weighted by Crippen LogP contribution is 2.04. The number of hydrogen-bond donors (Lipinski definition) is 1. The monoisotopic (exact) mass is 200 g/mol. The molecule has 1 atom stereocenters. The number of amides is 1. The highest BCUT2D eigenvalue weighted by atomic mass is 16.1. The maximum Gasteiger partial charge on any atom is 0.222 e. The number of nitrogens with one attached hydrogen (secondary N) is 1. The first-order chi connectivity index (χ1) is 6.34. The van der Waals surface area contributed by atoms with E-state index >= 15 is 0 Å². The molecule has 0 aromatic rings. The second kappa shape index (κ2) is 6.02. The van der Waals surface area contributed by atoms with Gasteiger partial charge in [-0.2, -0.15) is 0 Å². The van der Waals surface area contributed by atoms with Gasteiger partial charge in [0.05, 0.1) is 0 Å². The van der Waals surface area contributed by atoms with E-state index in [4.69, 9.17) is 0 Å². The third-order valence-corrected chi connectivity index (χ3v) is 2.22. The van der Waals surface area contributed by atoms with Crippen molar-refractivity contribution in [3.63, 3.8) is 0 Å². The summed E-state index contributed by atoms with van der Waals surface area (Å²) in [6, 6.07) is 0.250. The molecule has 0 heterocycles. The van der Waals surface area contributed by atoms with Crippen molar-refractivity contribution in [2.75, 3.05) is 20.6 Å². The molecule has 1 N–H and O–H groups in total. The molecule has 0 fully saturated rings. The molecule has 0 aromatic heterocycles. The van der Waals surface area contributed by atoms with Crippen molar-refractivity contribution in [3.8, 4) is 0 Å². The molecule has 0 aliphatic carbocycles. The second-order valence-corrected chi connectivity index (χ2v) is 4.78. The molecule has 3 nitrogen and oxygen atoms in total. The van der Waals surface area contributed by atoms with Crippen molar-refractivity contribution in [1.29, 1.82) is 0 Å². The van der Waals surface area contributed by atoms with Crippen molar-refractivity contribution >= 4 is 5.91 Å². The zero-order chi connectivity index (χ0) is 11.3. The second-order valence-electron chi connectivity index (χ2n) is 4.78. The normalized spacial score (nSPS) is 13.8. The van der Waals surface area contributed by atoms with E-state index in [0.29, 0.717) is 5.92 Å². The average Bonchev–Trinajstić information content (AvgIpc) is 2.01. The van der Waals surface area contributed by atoms with Crippen LogP contribution in [0.5, 0.6) is 0 Å². The van der Waals surface area contributed by atoms with Gasteiger partial charge in [-0.3, -0.25) is 4.79 Å². The summed E-state index contributed by atoms with van der Waals surface area (Å²) in [6.07, 6.45) is 0. The lowest BCUT2D eigenvalue weighted by Gasteiger charge is -2.26. The van der Waals surface area contributed by atoms with Crippen LogP contribution in [0.3, 0.4) is 0 Å². The molecular weight excluding hydrogens is 176 g/mol. The van der Waals surface area contributed by atoms with Crippen LogP contribution in [0.4, 0.5) is 0 Å². The molecule has 0 aliphatic rings. The van der Waals surface area contributed by atoms with Crippen LogP contribution >= 0.6 is 0 Å². The van der Waals surface area contributed by atoms with Crippen LogP contribution in [0.15, 0.2) is 0 Å². The fourth-order valence-electron chi connectivity index (χ4n) is 1.17. The zero-order valence-corrected chi connectivity index (χ0v) is 10.3. The number of hydrogen-bond acceptors (Lipinski definition) is 2. The van der Waals surface area contributed by atoms with E-state index in [1.807, 2.05) is 27.9 Å².